The molecule has 0 amide bonds. The molecule has 57 heavy (non-hydrogen) atoms. The average Bonchev–Trinajstić information content (AvgIpc) is 3.53. The van der Waals surface area contributed by atoms with Crippen molar-refractivity contribution < 1.29 is 48.3 Å². The summed E-state index contributed by atoms with van der Waals surface area (Å²) in [6.45, 7) is 8.22. The maximum absolute atomic E-state index is 13.1. The molecule has 3 saturated heterocycles. The highest BCUT2D eigenvalue weighted by Gasteiger charge is 2.45. The lowest BCUT2D eigenvalue weighted by Gasteiger charge is -2.37. The Kier molecular flexibility index (Phi) is 17.5. The fraction of sp³-hybridized carbons (Fsp3) is 0.596. The van der Waals surface area contributed by atoms with Gasteiger partial charge >= 0.3 is 11.9 Å². The Bertz CT molecular complexity index is 1580. The van der Waals surface area contributed by atoms with Crippen molar-refractivity contribution in [2.45, 2.75) is 159 Å². The van der Waals surface area contributed by atoms with Crippen molar-refractivity contribution in [3.8, 4) is 0 Å². The van der Waals surface area contributed by atoms with Crippen molar-refractivity contribution in [3.05, 3.63) is 96.7 Å². The van der Waals surface area contributed by atoms with Crippen molar-refractivity contribution in [1.82, 2.24) is 0 Å². The molecule has 0 aromatic heterocycles. The van der Waals surface area contributed by atoms with Crippen LogP contribution in [0.4, 0.5) is 0 Å². The van der Waals surface area contributed by atoms with E-state index in [4.69, 9.17) is 28.8 Å². The number of Topliss-reactive ketones (excluding diaryl/α,β-unsaturated/α-hetero) is 1. The second kappa shape index (κ2) is 22.5. The number of ether oxygens (including phenoxy) is 5. The number of rotatable bonds is 7. The Hall–Kier alpha value is -3.67. The number of esters is 1. The first-order valence-corrected chi connectivity index (χ1v) is 21.1. The van der Waals surface area contributed by atoms with Gasteiger partial charge in [-0.05, 0) is 63.0 Å². The number of carboxylic acids is 1. The number of aliphatic hydroxyl groups excluding tert-OH is 1. The minimum atomic E-state index is -0.780. The van der Waals surface area contributed by atoms with E-state index in [2.05, 4.69) is 44.2 Å². The number of allylic oxidation sites excluding steroid dienone is 8. The van der Waals surface area contributed by atoms with Gasteiger partial charge in [0, 0.05) is 43.6 Å². The summed E-state index contributed by atoms with van der Waals surface area (Å²) in [4.78, 5) is 37.0. The number of unbranched alkanes of at least 4 members (excludes halogenated alkanes) is 1. The molecule has 0 aliphatic carbocycles. The second-order valence-electron chi connectivity index (χ2n) is 16.3. The van der Waals surface area contributed by atoms with Crippen LogP contribution in [-0.2, 0) is 38.1 Å². The van der Waals surface area contributed by atoms with Crippen LogP contribution in [0.25, 0.3) is 0 Å². The number of fused-ring (bicyclic) bond motifs is 13. The molecule has 0 saturated carbocycles. The van der Waals surface area contributed by atoms with E-state index in [0.717, 1.165) is 37.7 Å². The summed E-state index contributed by atoms with van der Waals surface area (Å²) in [7, 11) is 0. The molecule has 7 bridgehead atoms. The Balaban J connectivity index is 1.27. The monoisotopic (exact) mass is 788 g/mol. The SMILES string of the molecule is C/C(=C\[C@H](C)CCCCC(=O)O)[C@@H]1O[C@@H]2C=C[C@H]1OC(=O)\C=C/C=C\C=C\[C@H]1O[C@@H]3C[C@H]1O[C@@H](/C=C/C[C@H]1O[C@H](C[C@H](O)[C@H]1C)C(=O)C/C=C/CC/C=C/C2)[C@@H]3C. The highest BCUT2D eigenvalue weighted by Crippen LogP contribution is 2.38. The summed E-state index contributed by atoms with van der Waals surface area (Å²) in [5.41, 5.74) is 0.963. The third kappa shape index (κ3) is 13.7. The van der Waals surface area contributed by atoms with E-state index in [1.54, 1.807) is 12.2 Å². The predicted molar refractivity (Wildman–Crippen MR) is 219 cm³/mol. The molecule has 312 valence electrons. The lowest BCUT2D eigenvalue weighted by molar-refractivity contribution is -0.156. The first-order valence-electron chi connectivity index (χ1n) is 21.1. The predicted octanol–water partition coefficient (Wildman–Crippen LogP) is 8.04. The van der Waals surface area contributed by atoms with Crippen LogP contribution in [0.3, 0.4) is 0 Å². The summed E-state index contributed by atoms with van der Waals surface area (Å²) < 4.78 is 31.5. The van der Waals surface area contributed by atoms with Crippen molar-refractivity contribution in [2.24, 2.45) is 17.8 Å². The quantitative estimate of drug-likeness (QED) is 0.148. The molecule has 10 heteroatoms. The van der Waals surface area contributed by atoms with E-state index in [-0.39, 0.29) is 73.0 Å². The summed E-state index contributed by atoms with van der Waals surface area (Å²) in [6, 6.07) is 0. The first-order chi connectivity index (χ1) is 27.5. The Morgan fingerprint density at radius 1 is 0.789 bits per heavy atom. The molecule has 2 N–H and O–H groups in total. The smallest absolute Gasteiger partial charge is 0.331 e. The number of hydrogen-bond acceptors (Lipinski definition) is 9. The normalized spacial score (nSPS) is 39.6. The molecule has 10 nitrogen and oxygen atoms in total. The van der Waals surface area contributed by atoms with Crippen molar-refractivity contribution in [3.63, 3.8) is 0 Å². The molecule has 13 atom stereocenters. The molecule has 3 fully saturated rings. The van der Waals surface area contributed by atoms with Gasteiger partial charge in [0.2, 0.25) is 0 Å². The number of carboxylic acid groups (broad SMARTS) is 1. The Labute approximate surface area is 339 Å². The molecular formula is C47H64O10. The van der Waals surface area contributed by atoms with Gasteiger partial charge in [-0.2, -0.15) is 0 Å². The van der Waals surface area contributed by atoms with Crippen molar-refractivity contribution >= 4 is 17.7 Å². The fourth-order valence-electron chi connectivity index (χ4n) is 8.22. The standard InChI is InChI=1S/C47H64O10/c1-31(18-15-16-24-45(50)51)28-32(2)47-41-27-26-35(53-47)19-11-7-5-6-8-12-20-36(48)43-29-37(49)33(3)38(54-43)22-17-23-39-34(4)42-30-44(55-39)40(56-42)21-13-9-10-14-25-46(52)57-41/h7-14,17,21,23,25-28,31,33-35,37-44,47,49H,5-6,15-16,18-20,22,24,29-30H2,1-4H3,(H,50,51)/b10-9-,11-7+,12-8+,21-13+,23-17+,25-14-,32-28+/t31-,33-,34+,35+,37+,38-,39+,40-,41-,42-,43-,44-,47+/m1/s1. The van der Waals surface area contributed by atoms with Crippen LogP contribution >= 0.6 is 0 Å². The van der Waals surface area contributed by atoms with Crippen LogP contribution in [0, 0.1) is 17.8 Å². The third-order valence-corrected chi connectivity index (χ3v) is 11.7. The van der Waals surface area contributed by atoms with Gasteiger partial charge in [-0.1, -0.05) is 106 Å². The zero-order valence-electron chi connectivity index (χ0n) is 34.1. The first kappa shape index (κ1) is 44.4. The van der Waals surface area contributed by atoms with E-state index in [0.29, 0.717) is 25.7 Å². The van der Waals surface area contributed by atoms with E-state index >= 15 is 0 Å². The van der Waals surface area contributed by atoms with Gasteiger partial charge in [-0.25, -0.2) is 4.79 Å². The molecule has 6 rings (SSSR count). The molecule has 0 unspecified atom stereocenters. The van der Waals surface area contributed by atoms with E-state index < -0.39 is 36.4 Å². The average molecular weight is 789 g/mol. The summed E-state index contributed by atoms with van der Waals surface area (Å²) >= 11 is 0. The van der Waals surface area contributed by atoms with Gasteiger partial charge in [0.25, 0.3) is 0 Å². The highest BCUT2D eigenvalue weighted by molar-refractivity contribution is 5.84. The summed E-state index contributed by atoms with van der Waals surface area (Å²) in [5, 5.41) is 19.8. The maximum Gasteiger partial charge on any atom is 0.331 e. The van der Waals surface area contributed by atoms with Gasteiger partial charge < -0.3 is 33.9 Å². The van der Waals surface area contributed by atoms with Crippen LogP contribution in [0.2, 0.25) is 0 Å². The minimum Gasteiger partial charge on any atom is -0.481 e. The largest absolute Gasteiger partial charge is 0.481 e. The summed E-state index contributed by atoms with van der Waals surface area (Å²) in [6.07, 6.45) is 32.4. The maximum atomic E-state index is 13.1. The van der Waals surface area contributed by atoms with Crippen LogP contribution in [0.5, 0.6) is 0 Å². The number of ketones is 1. The van der Waals surface area contributed by atoms with E-state index in [1.807, 2.05) is 56.4 Å². The molecule has 6 aliphatic rings. The number of aliphatic carboxylic acids is 1. The lowest BCUT2D eigenvalue weighted by atomic mass is 9.86. The van der Waals surface area contributed by atoms with E-state index in [9.17, 15) is 19.5 Å². The van der Waals surface area contributed by atoms with E-state index in [1.165, 1.54) is 6.08 Å². The van der Waals surface area contributed by atoms with Gasteiger partial charge in [0.05, 0.1) is 36.6 Å². The molecular weight excluding hydrogens is 725 g/mol. The molecule has 0 aromatic carbocycles. The highest BCUT2D eigenvalue weighted by atomic mass is 16.6. The number of carbonyl (C=O) groups excluding carboxylic acids is 2. The number of aliphatic hydroxyl groups is 1. The Morgan fingerprint density at radius 3 is 2.37 bits per heavy atom. The second-order valence-corrected chi connectivity index (χ2v) is 16.3. The molecule has 6 heterocycles. The van der Waals surface area contributed by atoms with Crippen molar-refractivity contribution in [1.29, 1.82) is 0 Å². The zero-order chi connectivity index (χ0) is 40.7. The van der Waals surface area contributed by atoms with Crippen LogP contribution in [0.1, 0.15) is 98.3 Å². The zero-order valence-corrected chi connectivity index (χ0v) is 34.1. The van der Waals surface area contributed by atoms with Crippen LogP contribution in [-0.4, -0.2) is 89.0 Å². The van der Waals surface area contributed by atoms with Crippen LogP contribution in [0.15, 0.2) is 96.7 Å². The van der Waals surface area contributed by atoms with Crippen molar-refractivity contribution in [2.75, 3.05) is 0 Å². The topological polar surface area (TPSA) is 138 Å². The Morgan fingerprint density at radius 2 is 1.56 bits per heavy atom. The molecule has 6 aliphatic heterocycles. The summed E-state index contributed by atoms with van der Waals surface area (Å²) in [5.74, 6) is -0.995. The van der Waals surface area contributed by atoms with Crippen LogP contribution < -0.4 is 0 Å². The van der Waals surface area contributed by atoms with Gasteiger partial charge in [-0.3, -0.25) is 9.59 Å². The molecule has 0 aromatic rings. The van der Waals surface area contributed by atoms with Gasteiger partial charge in [-0.15, -0.1) is 0 Å². The molecule has 0 spiro atoms. The number of carbonyl (C=O) groups is 3. The lowest BCUT2D eigenvalue weighted by Crippen LogP contribution is -2.45. The van der Waals surface area contributed by atoms with Gasteiger partial charge in [0.15, 0.2) is 11.9 Å². The minimum absolute atomic E-state index is 0.0172. The third-order valence-electron chi connectivity index (χ3n) is 11.7. The van der Waals surface area contributed by atoms with Gasteiger partial charge in [0.1, 0.15) is 18.3 Å². The molecule has 0 radical (unpaired) electrons. The fourth-order valence-corrected chi connectivity index (χ4v) is 8.22. The number of hydrogen-bond donors (Lipinski definition) is 2.